The van der Waals surface area contributed by atoms with Crippen LogP contribution in [0.25, 0.3) is 0 Å². The van der Waals surface area contributed by atoms with Crippen molar-refractivity contribution in [3.8, 4) is 0 Å². The maximum absolute atomic E-state index is 12.2. The van der Waals surface area contributed by atoms with Gasteiger partial charge in [-0.15, -0.1) is 0 Å². The van der Waals surface area contributed by atoms with Crippen LogP contribution in [0.1, 0.15) is 0 Å². The molecule has 0 aromatic heterocycles. The molecule has 14 heteroatoms. The van der Waals surface area contributed by atoms with Crippen LogP contribution in [0.3, 0.4) is 0 Å². The molecule has 0 aliphatic rings. The zero-order chi connectivity index (χ0) is 14.3. The van der Waals surface area contributed by atoms with Gasteiger partial charge in [0.1, 0.15) is 0 Å². The molecule has 0 aromatic rings. The summed E-state index contributed by atoms with van der Waals surface area (Å²) in [5, 5.41) is -6.53. The summed E-state index contributed by atoms with van der Waals surface area (Å²) < 4.78 is 113. The molecule has 0 aliphatic heterocycles. The van der Waals surface area contributed by atoms with Gasteiger partial charge in [0.25, 0.3) is 0 Å². The molecule has 0 heterocycles. The predicted molar refractivity (Wildman–Crippen MR) is 41.3 cm³/mol. The van der Waals surface area contributed by atoms with Crippen LogP contribution in [-0.4, -0.2) is 83.3 Å². The summed E-state index contributed by atoms with van der Waals surface area (Å²) in [4.78, 5) is 9.94. The van der Waals surface area contributed by atoms with Crippen molar-refractivity contribution in [2.24, 2.45) is 0 Å². The van der Waals surface area contributed by atoms with Gasteiger partial charge < -0.3 is 0 Å². The monoisotopic (exact) mass is 335 g/mol. The number of hydrogen-bond donors (Lipinski definition) is 1. The summed E-state index contributed by atoms with van der Waals surface area (Å²) in [5.41, 5.74) is 0. The van der Waals surface area contributed by atoms with Gasteiger partial charge in [-0.3, -0.25) is 4.79 Å². The van der Waals surface area contributed by atoms with E-state index in [4.69, 9.17) is 0 Å². The first-order chi connectivity index (χ1) is 7.13. The van der Waals surface area contributed by atoms with Gasteiger partial charge in [0.2, 0.25) is 0 Å². The van der Waals surface area contributed by atoms with E-state index in [2.05, 4.69) is 0 Å². The van der Waals surface area contributed by atoms with E-state index in [1.54, 1.807) is 0 Å². The Hall–Kier alpha value is 0.496. The molecule has 4 nitrogen and oxygen atoms in total. The van der Waals surface area contributed by atoms with E-state index in [1.807, 2.05) is 0 Å². The van der Waals surface area contributed by atoms with E-state index < -0.39 is 38.3 Å². The molecule has 0 atom stereocenters. The minimum atomic E-state index is -6.88. The summed E-state index contributed by atoms with van der Waals surface area (Å²) in [6.07, 6.45) is -12.6. The van der Waals surface area contributed by atoms with Crippen LogP contribution in [0.4, 0.5) is 35.1 Å². The van der Waals surface area contributed by atoms with Crippen molar-refractivity contribution in [3.05, 3.63) is 0 Å². The number of halogens is 8. The summed E-state index contributed by atoms with van der Waals surface area (Å²) in [6, 6.07) is 0. The molecule has 0 aromatic carbocycles. The van der Waals surface area contributed by atoms with Crippen LogP contribution in [0, 0.1) is 0 Å². The number of amides is 1. The SMILES string of the molecule is O=C(NS(=O)(=O)C(F)(F)C(F)(F)F)C(F)(F)F.[KH]. The first kappa shape index (κ1) is 20.8. The number of sulfonamides is 1. The molecule has 0 radical (unpaired) electrons. The van der Waals surface area contributed by atoms with Crippen LogP contribution in [0.2, 0.25) is 0 Å². The average Bonchev–Trinajstić information content (AvgIpc) is 1.98. The van der Waals surface area contributed by atoms with Crippen molar-refractivity contribution < 1.29 is 48.3 Å². The van der Waals surface area contributed by atoms with Crippen LogP contribution in [0.15, 0.2) is 0 Å². The third-order valence-electron chi connectivity index (χ3n) is 1.15. The second kappa shape index (κ2) is 5.86. The van der Waals surface area contributed by atoms with Crippen LogP contribution >= 0.6 is 0 Å². The zero-order valence-corrected chi connectivity index (χ0v) is 7.97. The zero-order valence-electron chi connectivity index (χ0n) is 7.16. The van der Waals surface area contributed by atoms with E-state index in [0.29, 0.717) is 0 Å². The Balaban J connectivity index is 0. The normalized spacial score (nSPS) is 13.8. The van der Waals surface area contributed by atoms with Gasteiger partial charge in [-0.2, -0.15) is 43.5 Å². The van der Waals surface area contributed by atoms with Gasteiger partial charge in [0.05, 0.1) is 0 Å². The van der Waals surface area contributed by atoms with Crippen molar-refractivity contribution in [1.29, 1.82) is 0 Å². The number of carbonyl (C=O) groups is 1. The Kier molecular flexibility index (Phi) is 6.78. The molecule has 18 heavy (non-hydrogen) atoms. The second-order valence-electron chi connectivity index (χ2n) is 2.45. The van der Waals surface area contributed by atoms with Crippen molar-refractivity contribution in [3.63, 3.8) is 0 Å². The number of carbonyl (C=O) groups excluding carboxylic acids is 1. The second-order valence-corrected chi connectivity index (χ2v) is 4.17. The third kappa shape index (κ3) is 4.55. The Labute approximate surface area is 137 Å². The van der Waals surface area contributed by atoms with Crippen molar-refractivity contribution >= 4 is 67.3 Å². The summed E-state index contributed by atoms with van der Waals surface area (Å²) in [7, 11) is -6.88. The Morgan fingerprint density at radius 3 is 1.44 bits per heavy atom. The van der Waals surface area contributed by atoms with Gasteiger partial charge in [0, 0.05) is 0 Å². The maximum atomic E-state index is 12.2. The molecule has 104 valence electrons. The van der Waals surface area contributed by atoms with E-state index >= 15 is 0 Å². The minimum absolute atomic E-state index is 0. The molecule has 0 saturated carbocycles. The number of nitrogens with one attached hydrogen (secondary N) is 1. The summed E-state index contributed by atoms with van der Waals surface area (Å²) >= 11 is 0. The molecular formula is C4H2F8KNO3S. The van der Waals surface area contributed by atoms with Crippen molar-refractivity contribution in [2.45, 2.75) is 17.6 Å². The van der Waals surface area contributed by atoms with Crippen LogP contribution in [0.5, 0.6) is 0 Å². The Bertz CT molecular complexity index is 411. The molecule has 1 amide bonds. The van der Waals surface area contributed by atoms with Crippen LogP contribution < -0.4 is 4.72 Å². The van der Waals surface area contributed by atoms with E-state index in [9.17, 15) is 48.3 Å². The predicted octanol–water partition coefficient (Wildman–Crippen LogP) is 0.501. The van der Waals surface area contributed by atoms with E-state index in [1.165, 1.54) is 0 Å². The Morgan fingerprint density at radius 1 is 0.889 bits per heavy atom. The van der Waals surface area contributed by atoms with Gasteiger partial charge in [-0.1, -0.05) is 0 Å². The number of hydrogen-bond acceptors (Lipinski definition) is 3. The van der Waals surface area contributed by atoms with E-state index in [-0.39, 0.29) is 51.4 Å². The standard InChI is InChI=1S/C4HF8NO3S.K.H/c5-2(6,7)1(14)13-17(15,16)4(11,12)3(8,9)10;;/h(H,13,14);;. The molecule has 0 unspecified atom stereocenters. The third-order valence-corrected chi connectivity index (χ3v) is 2.51. The summed E-state index contributed by atoms with van der Waals surface area (Å²) in [6.45, 7) is 0. The molecule has 0 fully saturated rings. The van der Waals surface area contributed by atoms with Gasteiger partial charge >= 0.3 is 84.9 Å². The van der Waals surface area contributed by atoms with Gasteiger partial charge in [0.15, 0.2) is 0 Å². The van der Waals surface area contributed by atoms with Crippen LogP contribution in [-0.2, 0) is 14.8 Å². The molecule has 0 bridgehead atoms. The molecule has 0 rings (SSSR count). The number of alkyl halides is 8. The fourth-order valence-electron chi connectivity index (χ4n) is 0.396. The molecule has 0 spiro atoms. The quantitative estimate of drug-likeness (QED) is 0.591. The molecule has 1 N–H and O–H groups in total. The fourth-order valence-corrected chi connectivity index (χ4v) is 1.19. The van der Waals surface area contributed by atoms with E-state index in [0.717, 1.165) is 0 Å². The Morgan fingerprint density at radius 2 is 1.22 bits per heavy atom. The first-order valence-corrected chi connectivity index (χ1v) is 4.69. The van der Waals surface area contributed by atoms with Crippen molar-refractivity contribution in [2.75, 3.05) is 0 Å². The molecule has 0 saturated heterocycles. The average molecular weight is 335 g/mol. The molecular weight excluding hydrogens is 333 g/mol. The van der Waals surface area contributed by atoms with Gasteiger partial charge in [-0.05, 0) is 0 Å². The molecule has 0 aliphatic carbocycles. The topological polar surface area (TPSA) is 63.2 Å². The fraction of sp³-hybridized carbons (Fsp3) is 0.750. The van der Waals surface area contributed by atoms with Crippen molar-refractivity contribution in [1.82, 2.24) is 4.72 Å². The first-order valence-electron chi connectivity index (χ1n) is 3.21. The summed E-state index contributed by atoms with van der Waals surface area (Å²) in [5.74, 6) is -3.46. The number of rotatable bonds is 2. The van der Waals surface area contributed by atoms with Gasteiger partial charge in [-0.25, -0.2) is 4.72 Å².